The van der Waals surface area contributed by atoms with Gasteiger partial charge < -0.3 is 18.6 Å². The van der Waals surface area contributed by atoms with Crippen LogP contribution < -0.4 is 19.6 Å². The van der Waals surface area contributed by atoms with E-state index in [1.54, 1.807) is 63.4 Å². The van der Waals surface area contributed by atoms with Crippen LogP contribution in [0.1, 0.15) is 41.6 Å². The summed E-state index contributed by atoms with van der Waals surface area (Å²) in [6.45, 7) is 3.64. The third kappa shape index (κ3) is 4.89. The molecule has 0 spiro atoms. The molecule has 1 atom stereocenters. The largest absolute Gasteiger partial charge is 0.496 e. The number of thiazole rings is 1. The quantitative estimate of drug-likeness (QED) is 0.317. The third-order valence-corrected chi connectivity index (χ3v) is 7.40. The van der Waals surface area contributed by atoms with E-state index in [2.05, 4.69) is 4.99 Å². The summed E-state index contributed by atoms with van der Waals surface area (Å²) in [5.74, 6) is 0.509. The summed E-state index contributed by atoms with van der Waals surface area (Å²) in [4.78, 5) is 43.9. The summed E-state index contributed by atoms with van der Waals surface area (Å²) in [7, 11) is 2.87. The molecule has 10 heteroatoms. The molecule has 0 aliphatic carbocycles. The van der Waals surface area contributed by atoms with Crippen LogP contribution >= 0.6 is 11.3 Å². The molecule has 5 rings (SSSR count). The molecule has 0 fully saturated rings. The van der Waals surface area contributed by atoms with Crippen LogP contribution in [0.25, 0.3) is 17.4 Å². The lowest BCUT2D eigenvalue weighted by molar-refractivity contribution is -0.139. The van der Waals surface area contributed by atoms with Crippen molar-refractivity contribution in [2.75, 3.05) is 20.8 Å². The van der Waals surface area contributed by atoms with Gasteiger partial charge in [0.15, 0.2) is 4.80 Å². The minimum absolute atomic E-state index is 0.183. The van der Waals surface area contributed by atoms with Crippen LogP contribution in [0.15, 0.2) is 86.1 Å². The van der Waals surface area contributed by atoms with Crippen molar-refractivity contribution in [3.63, 3.8) is 0 Å². The van der Waals surface area contributed by atoms with Gasteiger partial charge in [-0.3, -0.25) is 9.36 Å². The van der Waals surface area contributed by atoms with E-state index in [-0.39, 0.29) is 17.7 Å². The summed E-state index contributed by atoms with van der Waals surface area (Å²) in [6, 6.07) is 16.8. The Kier molecular flexibility index (Phi) is 7.52. The number of furan rings is 1. The zero-order chi connectivity index (χ0) is 28.4. The van der Waals surface area contributed by atoms with Crippen molar-refractivity contribution >= 4 is 29.4 Å². The summed E-state index contributed by atoms with van der Waals surface area (Å²) < 4.78 is 23.6. The van der Waals surface area contributed by atoms with Crippen molar-refractivity contribution in [3.8, 4) is 17.1 Å². The molecule has 1 aliphatic rings. The molecular weight excluding hydrogens is 532 g/mol. The number of fused-ring (bicyclic) bond motifs is 1. The van der Waals surface area contributed by atoms with Crippen molar-refractivity contribution in [1.29, 1.82) is 0 Å². The van der Waals surface area contributed by atoms with Gasteiger partial charge in [0.2, 0.25) is 0 Å². The number of methoxy groups -OCH3 is 2. The molecule has 9 nitrogen and oxygen atoms in total. The average Bonchev–Trinajstić information content (AvgIpc) is 3.56. The number of hydrogen-bond donors (Lipinski definition) is 0. The van der Waals surface area contributed by atoms with Gasteiger partial charge in [0.1, 0.15) is 23.3 Å². The van der Waals surface area contributed by atoms with Crippen molar-refractivity contribution in [2.24, 2.45) is 4.99 Å². The molecular formula is C30H26N2O7S. The van der Waals surface area contributed by atoms with E-state index in [1.165, 1.54) is 23.0 Å². The first-order chi connectivity index (χ1) is 19.4. The third-order valence-electron chi connectivity index (χ3n) is 6.42. The summed E-state index contributed by atoms with van der Waals surface area (Å²) in [6.07, 6.45) is 1.64. The van der Waals surface area contributed by atoms with Crippen LogP contribution in [0.2, 0.25) is 0 Å². The Morgan fingerprint density at radius 1 is 1.07 bits per heavy atom. The molecule has 0 saturated carbocycles. The molecule has 0 saturated heterocycles. The standard InChI is InChI=1S/C30H26N2O7S/c1-5-38-29(35)25-17(2)31-30-32(26(25)21-11-6-7-12-23(21)36-3)27(33)24(40-30)16-20-13-14-22(39-20)18-9-8-10-19(15-18)28(34)37-4/h6-16,26H,5H2,1-4H3/b24-16-/t26-/m0/s1. The highest BCUT2D eigenvalue weighted by Crippen LogP contribution is 2.35. The monoisotopic (exact) mass is 558 g/mol. The Bertz CT molecular complexity index is 1830. The number of aromatic nitrogens is 1. The van der Waals surface area contributed by atoms with Crippen molar-refractivity contribution in [1.82, 2.24) is 4.57 Å². The molecule has 0 N–H and O–H groups in total. The second kappa shape index (κ2) is 11.2. The SMILES string of the molecule is CCOC(=O)C1=C(C)N=c2s/c(=C\c3ccc(-c4cccc(C(=O)OC)c4)o3)c(=O)n2[C@H]1c1ccccc1OC. The molecule has 0 amide bonds. The minimum Gasteiger partial charge on any atom is -0.496 e. The Morgan fingerprint density at radius 2 is 1.88 bits per heavy atom. The maximum Gasteiger partial charge on any atom is 0.338 e. The van der Waals surface area contributed by atoms with Gasteiger partial charge in [-0.15, -0.1) is 0 Å². The Balaban J connectivity index is 1.62. The highest BCUT2D eigenvalue weighted by atomic mass is 32.1. The molecule has 0 radical (unpaired) electrons. The number of carbonyl (C=O) groups is 2. The molecule has 1 aliphatic heterocycles. The smallest absolute Gasteiger partial charge is 0.338 e. The molecule has 2 aromatic carbocycles. The zero-order valence-electron chi connectivity index (χ0n) is 22.3. The predicted octanol–water partition coefficient (Wildman–Crippen LogP) is 3.85. The van der Waals surface area contributed by atoms with E-state index in [0.717, 1.165) is 0 Å². The number of para-hydroxylation sites is 1. The van der Waals surface area contributed by atoms with Crippen LogP contribution in [0.5, 0.6) is 5.75 Å². The van der Waals surface area contributed by atoms with Crippen LogP contribution in [0.4, 0.5) is 0 Å². The van der Waals surface area contributed by atoms with Crippen LogP contribution in [-0.4, -0.2) is 37.3 Å². The first-order valence-corrected chi connectivity index (χ1v) is 13.3. The highest BCUT2D eigenvalue weighted by molar-refractivity contribution is 7.07. The van der Waals surface area contributed by atoms with Crippen LogP contribution in [0.3, 0.4) is 0 Å². The second-order valence-corrected chi connectivity index (χ2v) is 9.83. The van der Waals surface area contributed by atoms with Crippen molar-refractivity contribution < 1.29 is 28.2 Å². The Hall–Kier alpha value is -4.70. The number of ether oxygens (including phenoxy) is 3. The topological polar surface area (TPSA) is 109 Å². The molecule has 3 heterocycles. The maximum atomic E-state index is 13.8. The lowest BCUT2D eigenvalue weighted by Gasteiger charge is -2.25. The highest BCUT2D eigenvalue weighted by Gasteiger charge is 2.35. The number of benzene rings is 2. The Morgan fingerprint density at radius 3 is 2.62 bits per heavy atom. The van der Waals surface area contributed by atoms with E-state index in [4.69, 9.17) is 18.6 Å². The summed E-state index contributed by atoms with van der Waals surface area (Å²) >= 11 is 1.19. The first-order valence-electron chi connectivity index (χ1n) is 12.5. The number of nitrogens with zero attached hydrogens (tertiary/aromatic N) is 2. The van der Waals surface area contributed by atoms with E-state index in [0.29, 0.717) is 49.0 Å². The van der Waals surface area contributed by atoms with Gasteiger partial charge in [-0.2, -0.15) is 0 Å². The van der Waals surface area contributed by atoms with Gasteiger partial charge in [0.25, 0.3) is 5.56 Å². The number of allylic oxidation sites excluding steroid dienone is 1. The van der Waals surface area contributed by atoms with Gasteiger partial charge in [-0.25, -0.2) is 14.6 Å². The molecule has 2 aromatic heterocycles. The lowest BCUT2D eigenvalue weighted by atomic mass is 9.95. The lowest BCUT2D eigenvalue weighted by Crippen LogP contribution is -2.40. The predicted molar refractivity (Wildman–Crippen MR) is 149 cm³/mol. The van der Waals surface area contributed by atoms with E-state index >= 15 is 0 Å². The van der Waals surface area contributed by atoms with E-state index in [1.807, 2.05) is 24.3 Å². The van der Waals surface area contributed by atoms with Crippen molar-refractivity contribution in [3.05, 3.63) is 109 Å². The number of carbonyl (C=O) groups excluding carboxylic acids is 2. The van der Waals surface area contributed by atoms with Gasteiger partial charge in [0.05, 0.1) is 42.2 Å². The second-order valence-electron chi connectivity index (χ2n) is 8.82. The zero-order valence-corrected chi connectivity index (χ0v) is 23.1. The number of hydrogen-bond acceptors (Lipinski definition) is 9. The normalized spacial score (nSPS) is 14.9. The Labute approximate surface area is 233 Å². The van der Waals surface area contributed by atoms with Gasteiger partial charge in [0, 0.05) is 17.2 Å². The minimum atomic E-state index is -0.790. The first kappa shape index (κ1) is 26.9. The summed E-state index contributed by atoms with van der Waals surface area (Å²) in [5.41, 5.74) is 2.13. The molecule has 0 unspecified atom stereocenters. The fourth-order valence-corrected chi connectivity index (χ4v) is 5.64. The molecule has 4 aromatic rings. The average molecular weight is 559 g/mol. The molecule has 204 valence electrons. The molecule has 0 bridgehead atoms. The van der Waals surface area contributed by atoms with Crippen LogP contribution in [-0.2, 0) is 14.3 Å². The number of rotatable bonds is 7. The fourth-order valence-electron chi connectivity index (χ4n) is 4.61. The maximum absolute atomic E-state index is 13.8. The van der Waals surface area contributed by atoms with E-state index < -0.39 is 18.0 Å². The van der Waals surface area contributed by atoms with Crippen molar-refractivity contribution in [2.45, 2.75) is 19.9 Å². The van der Waals surface area contributed by atoms with Gasteiger partial charge in [-0.1, -0.05) is 41.7 Å². The van der Waals surface area contributed by atoms with E-state index in [9.17, 15) is 14.4 Å². The van der Waals surface area contributed by atoms with Crippen LogP contribution in [0, 0.1) is 0 Å². The fraction of sp³-hybridized carbons (Fsp3) is 0.200. The van der Waals surface area contributed by atoms with Gasteiger partial charge in [-0.05, 0) is 44.2 Å². The molecule has 40 heavy (non-hydrogen) atoms. The van der Waals surface area contributed by atoms with Gasteiger partial charge >= 0.3 is 11.9 Å². The summed E-state index contributed by atoms with van der Waals surface area (Å²) in [5, 5.41) is 0. The number of esters is 2.